The molecule has 17 heavy (non-hydrogen) atoms. The first-order valence-electron chi connectivity index (χ1n) is 5.34. The Morgan fingerprint density at radius 3 is 2.94 bits per heavy atom. The number of aromatic nitrogens is 2. The molecule has 94 valence electrons. The van der Waals surface area contributed by atoms with Gasteiger partial charge >= 0.3 is 5.97 Å². The van der Waals surface area contributed by atoms with Crippen molar-refractivity contribution in [3.63, 3.8) is 0 Å². The van der Waals surface area contributed by atoms with Crippen LogP contribution in [0.1, 0.15) is 19.5 Å². The SMILES string of the molecule is CCOC(=O)C(C)(N)CSc1nccc(C)n1. The van der Waals surface area contributed by atoms with Crippen LogP contribution in [0.3, 0.4) is 0 Å². The van der Waals surface area contributed by atoms with Gasteiger partial charge in [0.15, 0.2) is 5.16 Å². The van der Waals surface area contributed by atoms with Crippen LogP contribution in [-0.4, -0.2) is 33.8 Å². The molecule has 0 aliphatic rings. The molecule has 0 bridgehead atoms. The molecule has 2 N–H and O–H groups in total. The van der Waals surface area contributed by atoms with Crippen molar-refractivity contribution >= 4 is 17.7 Å². The second kappa shape index (κ2) is 5.97. The van der Waals surface area contributed by atoms with Crippen molar-refractivity contribution in [3.05, 3.63) is 18.0 Å². The summed E-state index contributed by atoms with van der Waals surface area (Å²) in [5.74, 6) is -0.0184. The summed E-state index contributed by atoms with van der Waals surface area (Å²) in [6.07, 6.45) is 1.68. The van der Waals surface area contributed by atoms with Crippen molar-refractivity contribution in [2.24, 2.45) is 5.73 Å². The number of thioether (sulfide) groups is 1. The third-order valence-corrected chi connectivity index (χ3v) is 3.21. The number of nitrogens with two attached hydrogens (primary N) is 1. The summed E-state index contributed by atoms with van der Waals surface area (Å²) < 4.78 is 4.90. The molecule has 1 aromatic heterocycles. The molecule has 0 amide bonds. The van der Waals surface area contributed by atoms with Crippen molar-refractivity contribution in [1.29, 1.82) is 0 Å². The zero-order valence-electron chi connectivity index (χ0n) is 10.3. The lowest BCUT2D eigenvalue weighted by Crippen LogP contribution is -2.48. The summed E-state index contributed by atoms with van der Waals surface area (Å²) in [5.41, 5.74) is 5.75. The molecule has 0 saturated heterocycles. The second-order valence-corrected chi connectivity index (χ2v) is 4.85. The maximum Gasteiger partial charge on any atom is 0.326 e. The molecule has 5 nitrogen and oxygen atoms in total. The molecular formula is C11H17N3O2S. The fraction of sp³-hybridized carbons (Fsp3) is 0.545. The summed E-state index contributed by atoms with van der Waals surface area (Å²) in [4.78, 5) is 19.9. The number of nitrogens with zero attached hydrogens (tertiary/aromatic N) is 2. The average Bonchev–Trinajstić information content (AvgIpc) is 2.27. The minimum atomic E-state index is -1.02. The summed E-state index contributed by atoms with van der Waals surface area (Å²) >= 11 is 1.35. The van der Waals surface area contributed by atoms with Gasteiger partial charge in [0.1, 0.15) is 5.54 Å². The number of esters is 1. The smallest absolute Gasteiger partial charge is 0.326 e. The van der Waals surface area contributed by atoms with Crippen molar-refractivity contribution < 1.29 is 9.53 Å². The van der Waals surface area contributed by atoms with Crippen LogP contribution in [-0.2, 0) is 9.53 Å². The molecule has 0 saturated carbocycles. The van der Waals surface area contributed by atoms with Gasteiger partial charge in [-0.15, -0.1) is 0 Å². The fourth-order valence-electron chi connectivity index (χ4n) is 1.06. The van der Waals surface area contributed by atoms with E-state index in [2.05, 4.69) is 9.97 Å². The van der Waals surface area contributed by atoms with Gasteiger partial charge in [0, 0.05) is 17.6 Å². The van der Waals surface area contributed by atoms with E-state index in [-0.39, 0.29) is 0 Å². The lowest BCUT2D eigenvalue weighted by molar-refractivity contribution is -0.148. The molecule has 1 atom stereocenters. The first-order valence-corrected chi connectivity index (χ1v) is 6.33. The molecule has 0 aliphatic carbocycles. The minimum Gasteiger partial charge on any atom is -0.465 e. The highest BCUT2D eigenvalue weighted by molar-refractivity contribution is 7.99. The lowest BCUT2D eigenvalue weighted by atomic mass is 10.1. The van der Waals surface area contributed by atoms with E-state index in [1.54, 1.807) is 20.0 Å². The van der Waals surface area contributed by atoms with Crippen LogP contribution in [0, 0.1) is 6.92 Å². The zero-order chi connectivity index (χ0) is 12.9. The number of hydrogen-bond acceptors (Lipinski definition) is 6. The number of hydrogen-bond donors (Lipinski definition) is 1. The first kappa shape index (κ1) is 13.9. The number of ether oxygens (including phenoxy) is 1. The molecular weight excluding hydrogens is 238 g/mol. The Morgan fingerprint density at radius 1 is 1.65 bits per heavy atom. The highest BCUT2D eigenvalue weighted by atomic mass is 32.2. The standard InChI is InChI=1S/C11H17N3O2S/c1-4-16-9(15)11(3,12)7-17-10-13-6-5-8(2)14-10/h5-6H,4,7,12H2,1-3H3. The Labute approximate surface area is 105 Å². The number of carbonyl (C=O) groups is 1. The molecule has 0 aliphatic heterocycles. The Hall–Kier alpha value is -1.14. The monoisotopic (exact) mass is 255 g/mol. The zero-order valence-corrected chi connectivity index (χ0v) is 11.1. The van der Waals surface area contributed by atoms with E-state index in [0.717, 1.165) is 5.69 Å². The van der Waals surface area contributed by atoms with Gasteiger partial charge in [-0.3, -0.25) is 4.79 Å². The van der Waals surface area contributed by atoms with Crippen molar-refractivity contribution in [2.75, 3.05) is 12.4 Å². The predicted octanol–water partition coefficient (Wildman–Crippen LogP) is 1.16. The molecule has 1 unspecified atom stereocenters. The molecule has 1 heterocycles. The van der Waals surface area contributed by atoms with Crippen LogP contribution in [0.15, 0.2) is 17.4 Å². The largest absolute Gasteiger partial charge is 0.465 e. The number of rotatable bonds is 5. The maximum atomic E-state index is 11.6. The summed E-state index contributed by atoms with van der Waals surface area (Å²) in [5, 5.41) is 0.617. The van der Waals surface area contributed by atoms with E-state index in [0.29, 0.717) is 17.5 Å². The number of aryl methyl sites for hydroxylation is 1. The Balaban J connectivity index is 2.57. The quantitative estimate of drug-likeness (QED) is 0.483. The fourth-order valence-corrected chi connectivity index (χ4v) is 1.96. The van der Waals surface area contributed by atoms with E-state index in [1.165, 1.54) is 11.8 Å². The average molecular weight is 255 g/mol. The van der Waals surface area contributed by atoms with Crippen LogP contribution in [0.25, 0.3) is 0 Å². The third-order valence-electron chi connectivity index (χ3n) is 2.02. The van der Waals surface area contributed by atoms with E-state index in [9.17, 15) is 4.79 Å². The van der Waals surface area contributed by atoms with Gasteiger partial charge in [-0.05, 0) is 26.8 Å². The molecule has 0 spiro atoms. The highest BCUT2D eigenvalue weighted by Crippen LogP contribution is 2.18. The van der Waals surface area contributed by atoms with Crippen molar-refractivity contribution in [2.45, 2.75) is 31.5 Å². The highest BCUT2D eigenvalue weighted by Gasteiger charge is 2.30. The molecule has 1 aromatic rings. The van der Waals surface area contributed by atoms with E-state index >= 15 is 0 Å². The number of carbonyl (C=O) groups excluding carboxylic acids is 1. The lowest BCUT2D eigenvalue weighted by Gasteiger charge is -2.21. The Bertz CT molecular complexity index is 396. The van der Waals surface area contributed by atoms with E-state index in [4.69, 9.17) is 10.5 Å². The Kier molecular flexibility index (Phi) is 4.89. The van der Waals surface area contributed by atoms with Gasteiger partial charge in [-0.25, -0.2) is 9.97 Å². The topological polar surface area (TPSA) is 78.1 Å². The van der Waals surface area contributed by atoms with Gasteiger partial charge in [0.2, 0.25) is 0 Å². The summed E-state index contributed by atoms with van der Waals surface area (Å²) in [6.45, 7) is 5.62. The van der Waals surface area contributed by atoms with Gasteiger partial charge in [0.25, 0.3) is 0 Å². The minimum absolute atomic E-state index is 0.331. The molecule has 6 heteroatoms. The third kappa shape index (κ3) is 4.32. The molecule has 0 aromatic carbocycles. The first-order chi connectivity index (χ1) is 7.95. The van der Waals surface area contributed by atoms with Crippen LogP contribution in [0.4, 0.5) is 0 Å². The van der Waals surface area contributed by atoms with Crippen molar-refractivity contribution in [1.82, 2.24) is 9.97 Å². The van der Waals surface area contributed by atoms with Gasteiger partial charge in [0.05, 0.1) is 6.61 Å². The van der Waals surface area contributed by atoms with Crippen LogP contribution >= 0.6 is 11.8 Å². The van der Waals surface area contributed by atoms with E-state index in [1.807, 2.05) is 13.0 Å². The van der Waals surface area contributed by atoms with Gasteiger partial charge < -0.3 is 10.5 Å². The molecule has 1 rings (SSSR count). The van der Waals surface area contributed by atoms with Gasteiger partial charge in [-0.2, -0.15) is 0 Å². The van der Waals surface area contributed by atoms with Gasteiger partial charge in [-0.1, -0.05) is 11.8 Å². The second-order valence-electron chi connectivity index (χ2n) is 3.91. The predicted molar refractivity (Wildman–Crippen MR) is 66.7 cm³/mol. The summed E-state index contributed by atoms with van der Waals surface area (Å²) in [7, 11) is 0. The van der Waals surface area contributed by atoms with Crippen LogP contribution in [0.5, 0.6) is 0 Å². The summed E-state index contributed by atoms with van der Waals surface area (Å²) in [6, 6.07) is 1.82. The molecule has 0 fully saturated rings. The van der Waals surface area contributed by atoms with Crippen LogP contribution < -0.4 is 5.73 Å². The van der Waals surface area contributed by atoms with Crippen LogP contribution in [0.2, 0.25) is 0 Å². The Morgan fingerprint density at radius 2 is 2.35 bits per heavy atom. The normalized spacial score (nSPS) is 14.1. The van der Waals surface area contributed by atoms with E-state index < -0.39 is 11.5 Å². The maximum absolute atomic E-state index is 11.6. The van der Waals surface area contributed by atoms with Crippen molar-refractivity contribution in [3.8, 4) is 0 Å². The molecule has 0 radical (unpaired) electrons.